The standard InChI is InChI=1S/C18H19NO4/c1-12-4-3-5-16(10-12)23-13(2)18(22)19-15-8-6-14(7-9-15)11-17(20)21/h3-10,13H,11H2,1-2H3,(H,19,22)(H,20,21). The highest BCUT2D eigenvalue weighted by Gasteiger charge is 2.15. The average Bonchev–Trinajstić information content (AvgIpc) is 2.48. The van der Waals surface area contributed by atoms with Crippen LogP contribution in [0.4, 0.5) is 5.69 Å². The van der Waals surface area contributed by atoms with E-state index >= 15 is 0 Å². The Morgan fingerprint density at radius 2 is 1.87 bits per heavy atom. The van der Waals surface area contributed by atoms with Gasteiger partial charge in [-0.25, -0.2) is 0 Å². The number of carboxylic acid groups (broad SMARTS) is 1. The molecule has 120 valence electrons. The molecule has 2 rings (SSSR count). The Hall–Kier alpha value is -2.82. The van der Waals surface area contributed by atoms with Gasteiger partial charge in [0.1, 0.15) is 5.75 Å². The minimum atomic E-state index is -0.887. The first kappa shape index (κ1) is 16.5. The SMILES string of the molecule is Cc1cccc(OC(C)C(=O)Nc2ccc(CC(=O)O)cc2)c1. The third-order valence-electron chi connectivity index (χ3n) is 3.25. The smallest absolute Gasteiger partial charge is 0.307 e. The van der Waals surface area contributed by atoms with Gasteiger partial charge in [0.15, 0.2) is 6.10 Å². The summed E-state index contributed by atoms with van der Waals surface area (Å²) in [5, 5.41) is 11.5. The predicted molar refractivity (Wildman–Crippen MR) is 87.7 cm³/mol. The zero-order valence-corrected chi connectivity index (χ0v) is 13.1. The van der Waals surface area contributed by atoms with Crippen LogP contribution in [0.5, 0.6) is 5.75 Å². The van der Waals surface area contributed by atoms with Gasteiger partial charge in [0.2, 0.25) is 0 Å². The molecule has 5 nitrogen and oxygen atoms in total. The number of rotatable bonds is 6. The lowest BCUT2D eigenvalue weighted by Crippen LogP contribution is -2.30. The molecule has 0 aliphatic rings. The maximum absolute atomic E-state index is 12.1. The molecule has 0 saturated heterocycles. The fourth-order valence-corrected chi connectivity index (χ4v) is 2.07. The summed E-state index contributed by atoms with van der Waals surface area (Å²) in [6.07, 6.45) is -0.684. The molecule has 2 aromatic rings. The van der Waals surface area contributed by atoms with Gasteiger partial charge in [0.25, 0.3) is 5.91 Å². The van der Waals surface area contributed by atoms with Crippen LogP contribution in [-0.2, 0) is 16.0 Å². The minimum Gasteiger partial charge on any atom is -0.481 e. The second kappa shape index (κ2) is 7.45. The molecule has 0 saturated carbocycles. The molecule has 0 spiro atoms. The number of aryl methyl sites for hydroxylation is 1. The molecule has 0 heterocycles. The maximum Gasteiger partial charge on any atom is 0.307 e. The van der Waals surface area contributed by atoms with Gasteiger partial charge in [-0.15, -0.1) is 0 Å². The number of amides is 1. The van der Waals surface area contributed by atoms with Crippen LogP contribution in [0, 0.1) is 6.92 Å². The number of benzene rings is 2. The number of anilines is 1. The van der Waals surface area contributed by atoms with E-state index in [1.165, 1.54) is 0 Å². The van der Waals surface area contributed by atoms with Gasteiger partial charge in [-0.1, -0.05) is 24.3 Å². The van der Waals surface area contributed by atoms with Gasteiger partial charge in [0.05, 0.1) is 6.42 Å². The van der Waals surface area contributed by atoms with Gasteiger partial charge >= 0.3 is 5.97 Å². The monoisotopic (exact) mass is 313 g/mol. The lowest BCUT2D eigenvalue weighted by atomic mass is 10.1. The number of carbonyl (C=O) groups is 2. The van der Waals surface area contributed by atoms with Crippen LogP contribution < -0.4 is 10.1 Å². The van der Waals surface area contributed by atoms with Crippen LogP contribution >= 0.6 is 0 Å². The molecular formula is C18H19NO4. The van der Waals surface area contributed by atoms with E-state index < -0.39 is 12.1 Å². The third-order valence-corrected chi connectivity index (χ3v) is 3.25. The van der Waals surface area contributed by atoms with Gasteiger partial charge in [0, 0.05) is 5.69 Å². The number of nitrogens with one attached hydrogen (secondary N) is 1. The normalized spacial score (nSPS) is 11.6. The quantitative estimate of drug-likeness (QED) is 0.859. The van der Waals surface area contributed by atoms with Crippen molar-refractivity contribution in [2.45, 2.75) is 26.4 Å². The van der Waals surface area contributed by atoms with Crippen LogP contribution in [0.25, 0.3) is 0 Å². The second-order valence-electron chi connectivity index (χ2n) is 5.33. The lowest BCUT2D eigenvalue weighted by Gasteiger charge is -2.15. The Kier molecular flexibility index (Phi) is 5.36. The molecule has 0 fully saturated rings. The Bertz CT molecular complexity index is 694. The van der Waals surface area contributed by atoms with Gasteiger partial charge in [-0.05, 0) is 49.2 Å². The number of ether oxygens (including phenoxy) is 1. The molecule has 0 aliphatic heterocycles. The molecule has 0 radical (unpaired) electrons. The van der Waals surface area contributed by atoms with Gasteiger partial charge in [-0.2, -0.15) is 0 Å². The van der Waals surface area contributed by atoms with E-state index in [-0.39, 0.29) is 12.3 Å². The molecule has 0 aliphatic carbocycles. The topological polar surface area (TPSA) is 75.6 Å². The van der Waals surface area contributed by atoms with Crippen LogP contribution in [0.15, 0.2) is 48.5 Å². The summed E-state index contributed by atoms with van der Waals surface area (Å²) in [5.74, 6) is -0.510. The number of carboxylic acids is 1. The van der Waals surface area contributed by atoms with E-state index in [2.05, 4.69) is 5.32 Å². The first-order chi connectivity index (χ1) is 10.9. The molecule has 1 amide bonds. The fourth-order valence-electron chi connectivity index (χ4n) is 2.07. The summed E-state index contributed by atoms with van der Waals surface area (Å²) in [5.41, 5.74) is 2.34. The van der Waals surface area contributed by atoms with E-state index in [1.807, 2.05) is 25.1 Å². The molecular weight excluding hydrogens is 294 g/mol. The summed E-state index contributed by atoms with van der Waals surface area (Å²) in [6, 6.07) is 14.2. The van der Waals surface area contributed by atoms with Crippen molar-refractivity contribution in [3.05, 3.63) is 59.7 Å². The molecule has 1 unspecified atom stereocenters. The molecule has 2 aromatic carbocycles. The average molecular weight is 313 g/mol. The maximum atomic E-state index is 12.1. The largest absolute Gasteiger partial charge is 0.481 e. The van der Waals surface area contributed by atoms with Crippen molar-refractivity contribution >= 4 is 17.6 Å². The van der Waals surface area contributed by atoms with Crippen LogP contribution in [0.2, 0.25) is 0 Å². The summed E-state index contributed by atoms with van der Waals surface area (Å²) in [6.45, 7) is 3.63. The first-order valence-electron chi connectivity index (χ1n) is 7.29. The molecule has 23 heavy (non-hydrogen) atoms. The van der Waals surface area contributed by atoms with E-state index in [0.717, 1.165) is 5.56 Å². The molecule has 0 aromatic heterocycles. The summed E-state index contributed by atoms with van der Waals surface area (Å²) >= 11 is 0. The highest BCUT2D eigenvalue weighted by Crippen LogP contribution is 2.15. The van der Waals surface area contributed by atoms with Crippen molar-refractivity contribution in [3.8, 4) is 5.75 Å². The van der Waals surface area contributed by atoms with E-state index in [1.54, 1.807) is 37.3 Å². The van der Waals surface area contributed by atoms with Crippen molar-refractivity contribution in [2.24, 2.45) is 0 Å². The molecule has 0 bridgehead atoms. The van der Waals surface area contributed by atoms with Crippen LogP contribution in [0.1, 0.15) is 18.1 Å². The Balaban J connectivity index is 1.94. The van der Waals surface area contributed by atoms with E-state index in [9.17, 15) is 9.59 Å². The number of aliphatic carboxylic acids is 1. The van der Waals surface area contributed by atoms with Gasteiger partial charge < -0.3 is 15.2 Å². The molecule has 1 atom stereocenters. The van der Waals surface area contributed by atoms with Crippen molar-refractivity contribution in [2.75, 3.05) is 5.32 Å². The summed E-state index contributed by atoms with van der Waals surface area (Å²) in [4.78, 5) is 22.8. The first-order valence-corrected chi connectivity index (χ1v) is 7.29. The minimum absolute atomic E-state index is 0.0406. The number of hydrogen-bond acceptors (Lipinski definition) is 3. The summed E-state index contributed by atoms with van der Waals surface area (Å²) in [7, 11) is 0. The van der Waals surface area contributed by atoms with Crippen LogP contribution in [0.3, 0.4) is 0 Å². The predicted octanol–water partition coefficient (Wildman–Crippen LogP) is 3.03. The Morgan fingerprint density at radius 1 is 1.17 bits per heavy atom. The Morgan fingerprint density at radius 3 is 2.48 bits per heavy atom. The third kappa shape index (κ3) is 5.14. The zero-order chi connectivity index (χ0) is 16.8. The van der Waals surface area contributed by atoms with Gasteiger partial charge in [-0.3, -0.25) is 9.59 Å². The van der Waals surface area contributed by atoms with Crippen LogP contribution in [-0.4, -0.2) is 23.1 Å². The summed E-state index contributed by atoms with van der Waals surface area (Å²) < 4.78 is 5.62. The fraction of sp³-hybridized carbons (Fsp3) is 0.222. The molecule has 2 N–H and O–H groups in total. The van der Waals surface area contributed by atoms with Crippen molar-refractivity contribution in [3.63, 3.8) is 0 Å². The van der Waals surface area contributed by atoms with E-state index in [4.69, 9.17) is 9.84 Å². The lowest BCUT2D eigenvalue weighted by molar-refractivity contribution is -0.136. The Labute approximate surface area is 134 Å². The van der Waals surface area contributed by atoms with Crippen molar-refractivity contribution in [1.29, 1.82) is 0 Å². The number of hydrogen-bond donors (Lipinski definition) is 2. The highest BCUT2D eigenvalue weighted by molar-refractivity contribution is 5.94. The van der Waals surface area contributed by atoms with Crippen molar-refractivity contribution < 1.29 is 19.4 Å². The highest BCUT2D eigenvalue weighted by atomic mass is 16.5. The van der Waals surface area contributed by atoms with E-state index in [0.29, 0.717) is 17.0 Å². The van der Waals surface area contributed by atoms with Crippen molar-refractivity contribution in [1.82, 2.24) is 0 Å². The molecule has 5 heteroatoms. The zero-order valence-electron chi connectivity index (χ0n) is 13.1. The second-order valence-corrected chi connectivity index (χ2v) is 5.33. The number of carbonyl (C=O) groups excluding carboxylic acids is 1.